The summed E-state index contributed by atoms with van der Waals surface area (Å²) in [5.74, 6) is 0. The van der Waals surface area contributed by atoms with Gasteiger partial charge in [-0.15, -0.1) is 0 Å². The molecule has 2 aliphatic heterocycles. The fourth-order valence-electron chi connectivity index (χ4n) is 4.12. The van der Waals surface area contributed by atoms with Crippen LogP contribution in [0.5, 0.6) is 0 Å². The highest BCUT2D eigenvalue weighted by Gasteiger charge is 2.25. The standard InChI is InChI=1S/C23H24BrN5O/c1-15-21(18-14-16(24)6-7-20(18)26-15)23-22(17-4-2-3-5-19(17)27-23)28-30-13-12-29-10-8-25-9-11-29/h2-7,14,25-27H,1,8-13H2/b23-21+,28-22+. The Kier molecular flexibility index (Phi) is 5.33. The molecule has 6 nitrogen and oxygen atoms in total. The third kappa shape index (κ3) is 3.64. The number of hydrogen-bond acceptors (Lipinski definition) is 5. The van der Waals surface area contributed by atoms with Gasteiger partial charge < -0.3 is 20.5 Å². The molecule has 0 bridgehead atoms. The van der Waals surface area contributed by atoms with Crippen molar-refractivity contribution in [3.8, 4) is 0 Å². The second-order valence-electron chi connectivity index (χ2n) is 7.58. The Morgan fingerprint density at radius 1 is 1.13 bits per heavy atom. The predicted molar refractivity (Wildman–Crippen MR) is 126 cm³/mol. The highest BCUT2D eigenvalue weighted by Crippen LogP contribution is 2.29. The number of H-pyrrole nitrogens is 1. The van der Waals surface area contributed by atoms with Crippen LogP contribution < -0.4 is 21.2 Å². The minimum absolute atomic E-state index is 0.565. The first-order valence-corrected chi connectivity index (χ1v) is 11.0. The molecule has 0 amide bonds. The molecule has 5 rings (SSSR count). The Labute approximate surface area is 183 Å². The van der Waals surface area contributed by atoms with E-state index >= 15 is 0 Å². The number of aromatic amines is 1. The highest BCUT2D eigenvalue weighted by atomic mass is 79.9. The Morgan fingerprint density at radius 3 is 2.83 bits per heavy atom. The molecule has 2 aliphatic rings. The molecule has 0 atom stereocenters. The van der Waals surface area contributed by atoms with Crippen molar-refractivity contribution in [2.45, 2.75) is 0 Å². The number of oxime groups is 1. The highest BCUT2D eigenvalue weighted by molar-refractivity contribution is 9.10. The van der Waals surface area contributed by atoms with Gasteiger partial charge >= 0.3 is 0 Å². The van der Waals surface area contributed by atoms with Crippen LogP contribution >= 0.6 is 15.9 Å². The van der Waals surface area contributed by atoms with Gasteiger partial charge in [-0.2, -0.15) is 0 Å². The summed E-state index contributed by atoms with van der Waals surface area (Å²) in [7, 11) is 0. The van der Waals surface area contributed by atoms with Crippen LogP contribution in [0.4, 0.5) is 5.69 Å². The topological polar surface area (TPSA) is 64.7 Å². The Hall–Kier alpha value is -2.61. The summed E-state index contributed by atoms with van der Waals surface area (Å²) in [5.41, 5.74) is 4.85. The van der Waals surface area contributed by atoms with Gasteiger partial charge in [-0.1, -0.05) is 45.9 Å². The molecule has 0 aliphatic carbocycles. The van der Waals surface area contributed by atoms with E-state index in [0.717, 1.165) is 81.3 Å². The smallest absolute Gasteiger partial charge is 0.136 e. The fourth-order valence-corrected chi connectivity index (χ4v) is 4.48. The molecule has 1 saturated heterocycles. The van der Waals surface area contributed by atoms with E-state index in [1.54, 1.807) is 0 Å². The van der Waals surface area contributed by atoms with Gasteiger partial charge in [-0.25, -0.2) is 0 Å². The molecule has 154 valence electrons. The van der Waals surface area contributed by atoms with Gasteiger partial charge in [0, 0.05) is 69.9 Å². The zero-order chi connectivity index (χ0) is 20.5. The lowest BCUT2D eigenvalue weighted by Gasteiger charge is -2.26. The summed E-state index contributed by atoms with van der Waals surface area (Å²) in [6.45, 7) is 9.86. The number of nitrogens with zero attached hydrogens (tertiary/aromatic N) is 2. The largest absolute Gasteiger partial charge is 0.394 e. The normalized spacial score (nSPS) is 19.8. The van der Waals surface area contributed by atoms with E-state index in [1.165, 1.54) is 0 Å². The van der Waals surface area contributed by atoms with Crippen molar-refractivity contribution < 1.29 is 4.84 Å². The van der Waals surface area contributed by atoms with Crippen LogP contribution in [-0.4, -0.2) is 54.9 Å². The van der Waals surface area contributed by atoms with Crippen LogP contribution in [0.15, 0.2) is 52.1 Å². The molecule has 3 heterocycles. The number of aromatic nitrogens is 1. The first-order chi connectivity index (χ1) is 14.7. The van der Waals surface area contributed by atoms with Crippen molar-refractivity contribution in [2.24, 2.45) is 5.16 Å². The Morgan fingerprint density at radius 2 is 1.97 bits per heavy atom. The van der Waals surface area contributed by atoms with Crippen LogP contribution in [-0.2, 0) is 4.84 Å². The van der Waals surface area contributed by atoms with Crippen molar-refractivity contribution in [2.75, 3.05) is 44.6 Å². The zero-order valence-electron chi connectivity index (χ0n) is 16.7. The number of para-hydroxylation sites is 1. The predicted octanol–water partition coefficient (Wildman–Crippen LogP) is 2.20. The molecule has 0 unspecified atom stereocenters. The van der Waals surface area contributed by atoms with Crippen LogP contribution in [0, 0.1) is 0 Å². The van der Waals surface area contributed by atoms with E-state index in [2.05, 4.69) is 72.4 Å². The van der Waals surface area contributed by atoms with Crippen LogP contribution in [0.25, 0.3) is 23.2 Å². The van der Waals surface area contributed by atoms with Crippen molar-refractivity contribution in [1.29, 1.82) is 0 Å². The number of benzene rings is 2. The van der Waals surface area contributed by atoms with Gasteiger partial charge in [-0.05, 0) is 24.3 Å². The lowest BCUT2D eigenvalue weighted by Crippen LogP contribution is -2.44. The number of piperazine rings is 1. The number of fused-ring (bicyclic) bond motifs is 2. The molecule has 3 N–H and O–H groups in total. The fraction of sp³-hybridized carbons (Fsp3) is 0.261. The van der Waals surface area contributed by atoms with Crippen molar-refractivity contribution >= 4 is 50.5 Å². The molecule has 0 radical (unpaired) electrons. The number of halogens is 1. The number of anilines is 1. The second kappa shape index (κ2) is 8.26. The van der Waals surface area contributed by atoms with Gasteiger partial charge in [0.2, 0.25) is 0 Å². The number of hydrogen-bond donors (Lipinski definition) is 3. The van der Waals surface area contributed by atoms with E-state index in [0.29, 0.717) is 6.61 Å². The van der Waals surface area contributed by atoms with Crippen LogP contribution in [0.3, 0.4) is 0 Å². The summed E-state index contributed by atoms with van der Waals surface area (Å²) >= 11 is 3.59. The minimum Gasteiger partial charge on any atom is -0.394 e. The third-order valence-electron chi connectivity index (χ3n) is 5.63. The SMILES string of the molecule is C=c1[nH]c2ccc(Br)cc2/c1=C1/Nc2ccccc2/C1=N\OCCN1CCNCC1. The molecule has 3 aromatic rings. The first-order valence-electron chi connectivity index (χ1n) is 10.2. The van der Waals surface area contributed by atoms with Gasteiger partial charge in [0.15, 0.2) is 0 Å². The van der Waals surface area contributed by atoms with Crippen LogP contribution in [0.2, 0.25) is 0 Å². The number of rotatable bonds is 4. The summed E-state index contributed by atoms with van der Waals surface area (Å²) < 4.78 is 1.03. The summed E-state index contributed by atoms with van der Waals surface area (Å²) in [6, 6.07) is 14.4. The van der Waals surface area contributed by atoms with Gasteiger partial charge in [0.25, 0.3) is 0 Å². The zero-order valence-corrected chi connectivity index (χ0v) is 18.3. The summed E-state index contributed by atoms with van der Waals surface area (Å²) in [4.78, 5) is 11.6. The molecular formula is C23H24BrN5O. The van der Waals surface area contributed by atoms with Crippen molar-refractivity contribution in [1.82, 2.24) is 15.2 Å². The molecule has 0 spiro atoms. The molecule has 2 aromatic carbocycles. The first kappa shape index (κ1) is 19.4. The lowest BCUT2D eigenvalue weighted by atomic mass is 10.1. The van der Waals surface area contributed by atoms with Crippen molar-refractivity contribution in [3.05, 3.63) is 63.1 Å². The van der Waals surface area contributed by atoms with Gasteiger partial charge in [0.1, 0.15) is 12.3 Å². The van der Waals surface area contributed by atoms with Gasteiger partial charge in [0.05, 0.1) is 5.70 Å². The maximum absolute atomic E-state index is 5.81. The second-order valence-corrected chi connectivity index (χ2v) is 8.49. The lowest BCUT2D eigenvalue weighted by molar-refractivity contribution is 0.106. The minimum atomic E-state index is 0.565. The van der Waals surface area contributed by atoms with E-state index in [4.69, 9.17) is 4.84 Å². The molecule has 7 heteroatoms. The monoisotopic (exact) mass is 465 g/mol. The number of nitrogens with one attached hydrogen (secondary N) is 3. The molecule has 1 fully saturated rings. The Balaban J connectivity index is 1.53. The molecule has 0 saturated carbocycles. The quantitative estimate of drug-likeness (QED) is 0.408. The van der Waals surface area contributed by atoms with E-state index in [1.807, 2.05) is 18.2 Å². The summed E-state index contributed by atoms with van der Waals surface area (Å²) in [6.07, 6.45) is 0. The van der Waals surface area contributed by atoms with Crippen LogP contribution in [0.1, 0.15) is 5.56 Å². The van der Waals surface area contributed by atoms with Gasteiger partial charge in [-0.3, -0.25) is 4.90 Å². The van der Waals surface area contributed by atoms with E-state index in [9.17, 15) is 0 Å². The Bertz CT molecular complexity index is 1230. The summed E-state index contributed by atoms with van der Waals surface area (Å²) in [5, 5.41) is 14.5. The average Bonchev–Trinajstić information content (AvgIpc) is 3.28. The molecule has 1 aromatic heterocycles. The molecule has 30 heavy (non-hydrogen) atoms. The molecular weight excluding hydrogens is 442 g/mol. The van der Waals surface area contributed by atoms with E-state index in [-0.39, 0.29) is 0 Å². The maximum Gasteiger partial charge on any atom is 0.136 e. The maximum atomic E-state index is 5.81. The van der Waals surface area contributed by atoms with Crippen molar-refractivity contribution in [3.63, 3.8) is 0 Å². The van der Waals surface area contributed by atoms with E-state index < -0.39 is 0 Å². The average molecular weight is 466 g/mol. The third-order valence-corrected chi connectivity index (χ3v) is 6.12.